The van der Waals surface area contributed by atoms with Gasteiger partial charge in [0.2, 0.25) is 5.95 Å². The lowest BCUT2D eigenvalue weighted by Crippen LogP contribution is -2.35. The molecule has 0 aliphatic rings. The molecule has 0 aromatic carbocycles. The van der Waals surface area contributed by atoms with Crippen molar-refractivity contribution in [1.29, 1.82) is 0 Å². The van der Waals surface area contributed by atoms with Crippen LogP contribution in [0.2, 0.25) is 0 Å². The summed E-state index contributed by atoms with van der Waals surface area (Å²) in [6, 6.07) is 0. The van der Waals surface area contributed by atoms with Crippen molar-refractivity contribution in [1.82, 2.24) is 14.5 Å². The molecule has 98 valence electrons. The average molecular weight is 240 g/mol. The van der Waals surface area contributed by atoms with Crippen molar-refractivity contribution in [2.24, 2.45) is 7.05 Å². The van der Waals surface area contributed by atoms with Crippen LogP contribution in [0.5, 0.6) is 0 Å². The average Bonchev–Trinajstić information content (AvgIpc) is 2.62. The van der Waals surface area contributed by atoms with E-state index in [1.807, 2.05) is 24.7 Å². The highest BCUT2D eigenvalue weighted by Crippen LogP contribution is 2.06. The van der Waals surface area contributed by atoms with Gasteiger partial charge in [-0.15, -0.1) is 0 Å². The molecule has 0 saturated heterocycles. The van der Waals surface area contributed by atoms with Crippen molar-refractivity contribution >= 4 is 5.95 Å². The number of methoxy groups -OCH3 is 1. The van der Waals surface area contributed by atoms with E-state index in [-0.39, 0.29) is 6.10 Å². The normalized spacial score (nSPS) is 13.1. The molecule has 5 nitrogen and oxygen atoms in total. The number of imidazole rings is 1. The summed E-state index contributed by atoms with van der Waals surface area (Å²) in [6.07, 6.45) is 2.18. The van der Waals surface area contributed by atoms with Gasteiger partial charge in [0.1, 0.15) is 0 Å². The molecule has 0 bridgehead atoms. The zero-order chi connectivity index (χ0) is 12.8. The molecule has 0 saturated carbocycles. The minimum atomic E-state index is 0.178. The van der Waals surface area contributed by atoms with E-state index in [1.165, 1.54) is 0 Å². The maximum atomic E-state index is 5.45. The Hall–Kier alpha value is -1.07. The van der Waals surface area contributed by atoms with Gasteiger partial charge in [-0.1, -0.05) is 6.92 Å². The molecule has 0 aliphatic heterocycles. The number of hydrogen-bond donors (Lipinski definition) is 1. The smallest absolute Gasteiger partial charge is 0.202 e. The number of hydrogen-bond acceptors (Lipinski definition) is 4. The van der Waals surface area contributed by atoms with Crippen molar-refractivity contribution in [3.8, 4) is 0 Å². The van der Waals surface area contributed by atoms with Crippen LogP contribution in [0.15, 0.2) is 6.20 Å². The van der Waals surface area contributed by atoms with Gasteiger partial charge >= 0.3 is 0 Å². The second kappa shape index (κ2) is 6.61. The molecule has 5 heteroatoms. The Morgan fingerprint density at radius 2 is 2.29 bits per heavy atom. The Kier molecular flexibility index (Phi) is 5.44. The standard InChI is InChI=1S/C12H24N4O/c1-6-15(3)9-11(17-5)7-13-12-14-10(2)8-16(12)4/h8,11H,6-7,9H2,1-5H3,(H,13,14). The molecular weight excluding hydrogens is 216 g/mol. The fourth-order valence-corrected chi connectivity index (χ4v) is 1.68. The van der Waals surface area contributed by atoms with Crippen molar-refractivity contribution in [2.75, 3.05) is 39.1 Å². The maximum Gasteiger partial charge on any atom is 0.202 e. The molecule has 0 aliphatic carbocycles. The molecule has 0 spiro atoms. The lowest BCUT2D eigenvalue weighted by Gasteiger charge is -2.22. The van der Waals surface area contributed by atoms with Crippen LogP contribution >= 0.6 is 0 Å². The van der Waals surface area contributed by atoms with Gasteiger partial charge in [0, 0.05) is 33.4 Å². The number of nitrogens with zero attached hydrogens (tertiary/aromatic N) is 3. The Labute approximate surface area is 104 Å². The summed E-state index contributed by atoms with van der Waals surface area (Å²) in [5, 5.41) is 3.31. The summed E-state index contributed by atoms with van der Waals surface area (Å²) in [6.45, 7) is 6.85. The first-order valence-corrected chi connectivity index (χ1v) is 6.02. The van der Waals surface area contributed by atoms with Crippen LogP contribution in [-0.2, 0) is 11.8 Å². The monoisotopic (exact) mass is 240 g/mol. The fraction of sp³-hybridized carbons (Fsp3) is 0.750. The SMILES string of the molecule is CCN(C)CC(CNc1nc(C)cn1C)OC. The van der Waals surface area contributed by atoms with Crippen molar-refractivity contribution in [3.05, 3.63) is 11.9 Å². The maximum absolute atomic E-state index is 5.45. The third kappa shape index (κ3) is 4.36. The van der Waals surface area contributed by atoms with Gasteiger partial charge in [-0.25, -0.2) is 4.98 Å². The summed E-state index contributed by atoms with van der Waals surface area (Å²) in [7, 11) is 5.83. The number of aryl methyl sites for hydroxylation is 2. The van der Waals surface area contributed by atoms with Gasteiger partial charge in [-0.2, -0.15) is 0 Å². The number of aromatic nitrogens is 2. The van der Waals surface area contributed by atoms with Gasteiger partial charge in [0.15, 0.2) is 0 Å². The first-order chi connectivity index (χ1) is 8.06. The molecule has 1 rings (SSSR count). The largest absolute Gasteiger partial charge is 0.378 e. The zero-order valence-electron chi connectivity index (χ0n) is 11.5. The van der Waals surface area contributed by atoms with Gasteiger partial charge in [0.25, 0.3) is 0 Å². The molecule has 1 aromatic heterocycles. The fourth-order valence-electron chi connectivity index (χ4n) is 1.68. The minimum absolute atomic E-state index is 0.178. The Bertz CT molecular complexity index is 337. The lowest BCUT2D eigenvalue weighted by molar-refractivity contribution is 0.0826. The van der Waals surface area contributed by atoms with Crippen LogP contribution in [-0.4, -0.2) is 54.3 Å². The molecule has 1 unspecified atom stereocenters. The highest BCUT2D eigenvalue weighted by Gasteiger charge is 2.11. The molecular formula is C12H24N4O. The van der Waals surface area contributed by atoms with E-state index in [0.717, 1.165) is 31.3 Å². The summed E-state index contributed by atoms with van der Waals surface area (Å²) in [5.74, 6) is 0.892. The topological polar surface area (TPSA) is 42.3 Å². The van der Waals surface area contributed by atoms with E-state index >= 15 is 0 Å². The van der Waals surface area contributed by atoms with Gasteiger partial charge in [0.05, 0.1) is 11.8 Å². The molecule has 1 N–H and O–H groups in total. The van der Waals surface area contributed by atoms with Crippen LogP contribution in [0.4, 0.5) is 5.95 Å². The second-order valence-electron chi connectivity index (χ2n) is 4.41. The summed E-state index contributed by atoms with van der Waals surface area (Å²) >= 11 is 0. The molecule has 17 heavy (non-hydrogen) atoms. The van der Waals surface area contributed by atoms with E-state index in [0.29, 0.717) is 0 Å². The van der Waals surface area contributed by atoms with E-state index < -0.39 is 0 Å². The van der Waals surface area contributed by atoms with Gasteiger partial charge in [-0.3, -0.25) is 0 Å². The summed E-state index contributed by atoms with van der Waals surface area (Å²) < 4.78 is 7.44. The van der Waals surface area contributed by atoms with E-state index in [1.54, 1.807) is 7.11 Å². The highest BCUT2D eigenvalue weighted by atomic mass is 16.5. The molecule has 1 aromatic rings. The third-order valence-corrected chi connectivity index (χ3v) is 2.87. The Morgan fingerprint density at radius 3 is 2.76 bits per heavy atom. The van der Waals surface area contributed by atoms with Gasteiger partial charge < -0.3 is 19.5 Å². The first-order valence-electron chi connectivity index (χ1n) is 6.02. The van der Waals surface area contributed by atoms with Crippen molar-refractivity contribution in [3.63, 3.8) is 0 Å². The van der Waals surface area contributed by atoms with Crippen molar-refractivity contribution in [2.45, 2.75) is 20.0 Å². The van der Waals surface area contributed by atoms with Crippen LogP contribution in [0.1, 0.15) is 12.6 Å². The van der Waals surface area contributed by atoms with Crippen LogP contribution < -0.4 is 5.32 Å². The van der Waals surface area contributed by atoms with E-state index in [4.69, 9.17) is 4.74 Å². The van der Waals surface area contributed by atoms with E-state index in [2.05, 4.69) is 29.2 Å². The predicted molar refractivity (Wildman–Crippen MR) is 70.4 cm³/mol. The third-order valence-electron chi connectivity index (χ3n) is 2.87. The number of likely N-dealkylation sites (N-methyl/N-ethyl adjacent to an activating group) is 1. The Balaban J connectivity index is 2.44. The molecule has 0 amide bonds. The van der Waals surface area contributed by atoms with Crippen LogP contribution in [0, 0.1) is 6.92 Å². The molecule has 1 heterocycles. The quantitative estimate of drug-likeness (QED) is 0.775. The highest BCUT2D eigenvalue weighted by molar-refractivity contribution is 5.28. The minimum Gasteiger partial charge on any atom is -0.378 e. The van der Waals surface area contributed by atoms with E-state index in [9.17, 15) is 0 Å². The number of nitrogens with one attached hydrogen (secondary N) is 1. The molecule has 1 atom stereocenters. The lowest BCUT2D eigenvalue weighted by atomic mass is 10.3. The van der Waals surface area contributed by atoms with Crippen molar-refractivity contribution < 1.29 is 4.74 Å². The number of rotatable bonds is 7. The zero-order valence-corrected chi connectivity index (χ0v) is 11.5. The van der Waals surface area contributed by atoms with Gasteiger partial charge in [-0.05, 0) is 20.5 Å². The van der Waals surface area contributed by atoms with Crippen LogP contribution in [0.25, 0.3) is 0 Å². The predicted octanol–water partition coefficient (Wildman–Crippen LogP) is 1.11. The molecule has 0 radical (unpaired) electrons. The van der Waals surface area contributed by atoms with Crippen LogP contribution in [0.3, 0.4) is 0 Å². The number of anilines is 1. The first kappa shape index (κ1) is 14.0. The number of ether oxygens (including phenoxy) is 1. The summed E-state index contributed by atoms with van der Waals surface area (Å²) in [4.78, 5) is 6.63. The Morgan fingerprint density at radius 1 is 1.59 bits per heavy atom. The second-order valence-corrected chi connectivity index (χ2v) is 4.41. The molecule has 0 fully saturated rings. The summed E-state index contributed by atoms with van der Waals surface area (Å²) in [5.41, 5.74) is 1.02.